The van der Waals surface area contributed by atoms with Gasteiger partial charge in [-0.15, -0.1) is 5.10 Å². The highest BCUT2D eigenvalue weighted by molar-refractivity contribution is 6.30. The number of hydrogen-bond donors (Lipinski definition) is 2. The number of halogens is 6. The molecule has 9 nitrogen and oxygen atoms in total. The molecule has 3 heterocycles. The van der Waals surface area contributed by atoms with E-state index < -0.39 is 54.2 Å². The standard InChI is InChI=1S/C24H21ClF4N6O3.CH3F/c1-12-30-23(35(32-12)18-8-15(26)6-7-16(18)24(27,28)29)20-9-19(22(37)21(11-36)38-20)34-10-17(31-33-34)13-2-4-14(25)5-3-13;1-2/h2-8,10,19-22,36-37H,9,11H2,1H3;1H3. The first-order chi connectivity index (χ1) is 19.0. The Morgan fingerprint density at radius 2 is 1.82 bits per heavy atom. The van der Waals surface area contributed by atoms with Gasteiger partial charge >= 0.3 is 6.18 Å². The Hall–Kier alpha value is -3.46. The highest BCUT2D eigenvalue weighted by atomic mass is 35.5. The number of aliphatic hydroxyl groups excluding tert-OH is 2. The van der Waals surface area contributed by atoms with Crippen molar-refractivity contribution in [3.63, 3.8) is 0 Å². The lowest BCUT2D eigenvalue weighted by molar-refractivity contribution is -0.161. The molecule has 5 rings (SSSR count). The van der Waals surface area contributed by atoms with Crippen molar-refractivity contribution in [3.8, 4) is 16.9 Å². The van der Waals surface area contributed by atoms with Crippen LogP contribution in [0, 0.1) is 12.7 Å². The lowest BCUT2D eigenvalue weighted by Crippen LogP contribution is -2.45. The minimum atomic E-state index is -4.79. The van der Waals surface area contributed by atoms with E-state index in [0.29, 0.717) is 30.0 Å². The topological polar surface area (TPSA) is 111 Å². The van der Waals surface area contributed by atoms with E-state index in [-0.39, 0.29) is 18.1 Å². The van der Waals surface area contributed by atoms with Gasteiger partial charge in [-0.05, 0) is 31.2 Å². The lowest BCUT2D eigenvalue weighted by atomic mass is 9.95. The van der Waals surface area contributed by atoms with Gasteiger partial charge < -0.3 is 14.9 Å². The molecular formula is C25H24ClF5N6O3. The van der Waals surface area contributed by atoms with Crippen molar-refractivity contribution in [1.29, 1.82) is 0 Å². The van der Waals surface area contributed by atoms with Crippen LogP contribution in [-0.4, -0.2) is 66.0 Å². The summed E-state index contributed by atoms with van der Waals surface area (Å²) in [5.41, 5.74) is -0.463. The summed E-state index contributed by atoms with van der Waals surface area (Å²) < 4.78 is 73.0. The molecule has 0 radical (unpaired) electrons. The zero-order chi connectivity index (χ0) is 29.2. The number of rotatable bonds is 5. The molecule has 0 bridgehead atoms. The summed E-state index contributed by atoms with van der Waals surface area (Å²) in [6.07, 6.45) is -6.59. The molecule has 4 unspecified atom stereocenters. The molecule has 0 spiro atoms. The maximum absolute atomic E-state index is 14.1. The van der Waals surface area contributed by atoms with Gasteiger partial charge in [0.05, 0.1) is 37.3 Å². The van der Waals surface area contributed by atoms with Crippen molar-refractivity contribution in [2.45, 2.75) is 43.9 Å². The fourth-order valence-electron chi connectivity index (χ4n) is 4.46. The van der Waals surface area contributed by atoms with Crippen LogP contribution in [0.3, 0.4) is 0 Å². The number of hydrogen-bond acceptors (Lipinski definition) is 7. The number of ether oxygens (including phenoxy) is 1. The van der Waals surface area contributed by atoms with Gasteiger partial charge in [-0.2, -0.15) is 18.3 Å². The van der Waals surface area contributed by atoms with E-state index in [1.54, 1.807) is 30.5 Å². The second kappa shape index (κ2) is 12.0. The zero-order valence-corrected chi connectivity index (χ0v) is 21.9. The number of aryl methyl sites for hydroxylation is 1. The Morgan fingerprint density at radius 3 is 2.48 bits per heavy atom. The normalized spacial score (nSPS) is 21.1. The maximum atomic E-state index is 14.1. The van der Waals surface area contributed by atoms with Crippen molar-refractivity contribution in [2.24, 2.45) is 0 Å². The van der Waals surface area contributed by atoms with Gasteiger partial charge in [0.1, 0.15) is 35.6 Å². The Morgan fingerprint density at radius 1 is 1.12 bits per heavy atom. The van der Waals surface area contributed by atoms with Crippen LogP contribution in [0.4, 0.5) is 22.0 Å². The van der Waals surface area contributed by atoms with E-state index in [0.717, 1.165) is 16.3 Å². The SMILES string of the molecule is CF.Cc1nc(C2CC(n3cc(-c4ccc(Cl)cc4)nn3)C(O)C(CO)O2)n(-c2cc(F)ccc2C(F)(F)F)n1. The molecule has 214 valence electrons. The fraction of sp³-hybridized carbons (Fsp3) is 0.360. The van der Waals surface area contributed by atoms with Crippen LogP contribution in [0.25, 0.3) is 16.9 Å². The highest BCUT2D eigenvalue weighted by Crippen LogP contribution is 2.40. The van der Waals surface area contributed by atoms with Crippen LogP contribution in [0.15, 0.2) is 48.7 Å². The van der Waals surface area contributed by atoms with E-state index in [4.69, 9.17) is 16.3 Å². The number of alkyl halides is 4. The average Bonchev–Trinajstić information content (AvgIpc) is 3.57. The first-order valence-corrected chi connectivity index (χ1v) is 12.2. The molecule has 1 aliphatic heterocycles. The van der Waals surface area contributed by atoms with Gasteiger partial charge in [-0.1, -0.05) is 28.9 Å². The Balaban J connectivity index is 0.00000181. The third kappa shape index (κ3) is 5.99. The highest BCUT2D eigenvalue weighted by Gasteiger charge is 2.42. The number of benzene rings is 2. The van der Waals surface area contributed by atoms with Gasteiger partial charge in [0.25, 0.3) is 0 Å². The molecule has 15 heteroatoms. The molecule has 1 fully saturated rings. The van der Waals surface area contributed by atoms with Crippen LogP contribution in [0.5, 0.6) is 0 Å². The largest absolute Gasteiger partial charge is 0.418 e. The van der Waals surface area contributed by atoms with Crippen molar-refractivity contribution in [3.05, 3.63) is 76.7 Å². The van der Waals surface area contributed by atoms with Gasteiger partial charge in [0.2, 0.25) is 0 Å². The predicted molar refractivity (Wildman–Crippen MR) is 133 cm³/mol. The summed E-state index contributed by atoms with van der Waals surface area (Å²) >= 11 is 5.95. The van der Waals surface area contributed by atoms with E-state index in [1.807, 2.05) is 0 Å². The van der Waals surface area contributed by atoms with Crippen LogP contribution in [0.2, 0.25) is 5.02 Å². The molecule has 1 saturated heterocycles. The van der Waals surface area contributed by atoms with Crippen molar-refractivity contribution < 1.29 is 36.9 Å². The van der Waals surface area contributed by atoms with Crippen molar-refractivity contribution in [1.82, 2.24) is 29.8 Å². The monoisotopic (exact) mass is 586 g/mol. The van der Waals surface area contributed by atoms with Gasteiger partial charge in [-0.3, -0.25) is 4.39 Å². The molecule has 0 amide bonds. The van der Waals surface area contributed by atoms with Crippen LogP contribution in [0.1, 0.15) is 35.8 Å². The molecule has 40 heavy (non-hydrogen) atoms. The van der Waals surface area contributed by atoms with Crippen molar-refractivity contribution in [2.75, 3.05) is 13.8 Å². The van der Waals surface area contributed by atoms with E-state index in [1.165, 1.54) is 11.6 Å². The molecular weight excluding hydrogens is 563 g/mol. The summed E-state index contributed by atoms with van der Waals surface area (Å²) in [4.78, 5) is 4.26. The van der Waals surface area contributed by atoms with Gasteiger partial charge in [0.15, 0.2) is 5.82 Å². The van der Waals surface area contributed by atoms with Crippen LogP contribution >= 0.6 is 11.6 Å². The lowest BCUT2D eigenvalue weighted by Gasteiger charge is -2.38. The summed E-state index contributed by atoms with van der Waals surface area (Å²) in [6.45, 7) is 0.884. The Bertz CT molecular complexity index is 1450. The smallest absolute Gasteiger partial charge is 0.394 e. The third-order valence-electron chi connectivity index (χ3n) is 6.26. The maximum Gasteiger partial charge on any atom is 0.418 e. The summed E-state index contributed by atoms with van der Waals surface area (Å²) in [7, 11) is 0.500. The molecule has 2 aromatic carbocycles. The molecule has 0 aliphatic carbocycles. The summed E-state index contributed by atoms with van der Waals surface area (Å²) in [5, 5.41) is 33.7. The molecule has 2 aromatic heterocycles. The molecule has 4 atom stereocenters. The van der Waals surface area contributed by atoms with Crippen LogP contribution in [-0.2, 0) is 10.9 Å². The van der Waals surface area contributed by atoms with Crippen molar-refractivity contribution >= 4 is 11.6 Å². The van der Waals surface area contributed by atoms with Gasteiger partial charge in [-0.25, -0.2) is 18.7 Å². The van der Waals surface area contributed by atoms with E-state index in [2.05, 4.69) is 20.4 Å². The molecule has 2 N–H and O–H groups in total. The molecule has 0 saturated carbocycles. The first kappa shape index (κ1) is 29.5. The van der Waals surface area contributed by atoms with E-state index in [9.17, 15) is 32.2 Å². The quantitative estimate of drug-likeness (QED) is 0.327. The zero-order valence-electron chi connectivity index (χ0n) is 21.1. The second-order valence-corrected chi connectivity index (χ2v) is 9.25. The number of aliphatic hydroxyl groups is 2. The minimum Gasteiger partial charge on any atom is -0.394 e. The first-order valence-electron chi connectivity index (χ1n) is 11.9. The minimum absolute atomic E-state index is 0.00408. The number of aromatic nitrogens is 6. The average molecular weight is 587 g/mol. The third-order valence-corrected chi connectivity index (χ3v) is 6.51. The number of nitrogens with zero attached hydrogens (tertiary/aromatic N) is 6. The fourth-order valence-corrected chi connectivity index (χ4v) is 4.59. The van der Waals surface area contributed by atoms with E-state index >= 15 is 0 Å². The Kier molecular flexibility index (Phi) is 8.83. The summed E-state index contributed by atoms with van der Waals surface area (Å²) in [6, 6.07) is 8.14. The molecule has 4 aromatic rings. The molecule has 1 aliphatic rings. The van der Waals surface area contributed by atoms with Gasteiger partial charge in [0, 0.05) is 23.1 Å². The summed E-state index contributed by atoms with van der Waals surface area (Å²) in [5.74, 6) is -0.822. The second-order valence-electron chi connectivity index (χ2n) is 8.82. The predicted octanol–water partition coefficient (Wildman–Crippen LogP) is 4.66. The Labute approximate surface area is 229 Å². The van der Waals surface area contributed by atoms with Crippen LogP contribution < -0.4 is 0 Å².